The quantitative estimate of drug-likeness (QED) is 0.381. The highest BCUT2D eigenvalue weighted by molar-refractivity contribution is 6.24. The van der Waals surface area contributed by atoms with Gasteiger partial charge in [0.2, 0.25) is 0 Å². The molecule has 0 bridgehead atoms. The standard InChI is InChI=1S/C28H29N3/c1-7-17-14-28(5,6)31-21(9-3)18(8-2)24-20-15-29-16(4)23(20)25-19-12-10-11-13-22(19)30(17)26(25)27(24)31/h8-13,17,29H,2-4,7,14-15H2,1,5-6H3/t17-/m0/s1. The summed E-state index contributed by atoms with van der Waals surface area (Å²) in [4.78, 5) is 0. The molecule has 2 aliphatic rings. The Hall–Kier alpha value is -3.20. The van der Waals surface area contributed by atoms with Crippen molar-refractivity contribution in [2.45, 2.75) is 51.7 Å². The van der Waals surface area contributed by atoms with E-state index in [2.05, 4.69) is 79.2 Å². The van der Waals surface area contributed by atoms with Crippen molar-refractivity contribution in [2.24, 2.45) is 0 Å². The zero-order valence-corrected chi connectivity index (χ0v) is 18.7. The fraction of sp³-hybridized carbons (Fsp3) is 0.286. The summed E-state index contributed by atoms with van der Waals surface area (Å²) < 4.78 is 5.19. The Bertz CT molecular complexity index is 1470. The van der Waals surface area contributed by atoms with Crippen molar-refractivity contribution in [1.82, 2.24) is 14.5 Å². The maximum Gasteiger partial charge on any atom is 0.0749 e. The van der Waals surface area contributed by atoms with Crippen LogP contribution in [0.25, 0.3) is 50.6 Å². The van der Waals surface area contributed by atoms with Crippen LogP contribution >= 0.6 is 0 Å². The van der Waals surface area contributed by atoms with E-state index in [0.29, 0.717) is 6.04 Å². The third-order valence-electron chi connectivity index (χ3n) is 7.59. The highest BCUT2D eigenvalue weighted by Crippen LogP contribution is 2.52. The molecule has 2 aromatic heterocycles. The second-order valence-corrected chi connectivity index (χ2v) is 9.64. The zero-order chi connectivity index (χ0) is 21.7. The van der Waals surface area contributed by atoms with Gasteiger partial charge in [-0.2, -0.15) is 0 Å². The van der Waals surface area contributed by atoms with Gasteiger partial charge in [-0.25, -0.2) is 0 Å². The molecule has 156 valence electrons. The number of hydrogen-bond donors (Lipinski definition) is 1. The van der Waals surface area contributed by atoms with Gasteiger partial charge in [0.25, 0.3) is 0 Å². The summed E-state index contributed by atoms with van der Waals surface area (Å²) in [5.74, 6) is 0. The topological polar surface area (TPSA) is 21.9 Å². The molecular weight excluding hydrogens is 378 g/mol. The van der Waals surface area contributed by atoms with Crippen LogP contribution in [0, 0.1) is 0 Å². The van der Waals surface area contributed by atoms with Crippen molar-refractivity contribution >= 4 is 50.6 Å². The van der Waals surface area contributed by atoms with E-state index >= 15 is 0 Å². The predicted octanol–water partition coefficient (Wildman–Crippen LogP) is 7.20. The number of rotatable bonds is 3. The Morgan fingerprint density at radius 1 is 1.13 bits per heavy atom. The van der Waals surface area contributed by atoms with E-state index < -0.39 is 0 Å². The second-order valence-electron chi connectivity index (χ2n) is 9.64. The molecule has 4 aromatic rings. The van der Waals surface area contributed by atoms with E-state index in [-0.39, 0.29) is 5.54 Å². The highest BCUT2D eigenvalue weighted by atomic mass is 15.1. The summed E-state index contributed by atoms with van der Waals surface area (Å²) in [6.45, 7) is 20.7. The first-order chi connectivity index (χ1) is 14.9. The average Bonchev–Trinajstić information content (AvgIpc) is 3.39. The van der Waals surface area contributed by atoms with Gasteiger partial charge >= 0.3 is 0 Å². The van der Waals surface area contributed by atoms with E-state index in [1.54, 1.807) is 0 Å². The molecule has 3 heteroatoms. The van der Waals surface area contributed by atoms with Crippen LogP contribution in [0.2, 0.25) is 0 Å². The highest BCUT2D eigenvalue weighted by Gasteiger charge is 2.38. The summed E-state index contributed by atoms with van der Waals surface area (Å²) >= 11 is 0. The molecule has 0 amide bonds. The molecule has 0 fully saturated rings. The van der Waals surface area contributed by atoms with Gasteiger partial charge in [0.15, 0.2) is 0 Å². The molecular formula is C28H29N3. The summed E-state index contributed by atoms with van der Waals surface area (Å²) in [6, 6.07) is 9.32. The molecule has 0 saturated heterocycles. The van der Waals surface area contributed by atoms with Crippen LogP contribution in [0.5, 0.6) is 0 Å². The minimum Gasteiger partial charge on any atom is -0.381 e. The molecule has 1 N–H and O–H groups in total. The summed E-state index contributed by atoms with van der Waals surface area (Å²) in [5.41, 5.74) is 9.97. The lowest BCUT2D eigenvalue weighted by atomic mass is 9.93. The first-order valence-corrected chi connectivity index (χ1v) is 11.3. The van der Waals surface area contributed by atoms with Gasteiger partial charge < -0.3 is 14.5 Å². The second kappa shape index (κ2) is 5.94. The number of hydrogen-bond acceptors (Lipinski definition) is 1. The number of nitrogens with one attached hydrogen (secondary N) is 1. The molecule has 4 heterocycles. The van der Waals surface area contributed by atoms with E-state index in [1.165, 1.54) is 55.1 Å². The maximum absolute atomic E-state index is 4.41. The van der Waals surface area contributed by atoms with Crippen LogP contribution in [-0.4, -0.2) is 9.13 Å². The average molecular weight is 408 g/mol. The van der Waals surface area contributed by atoms with Crippen molar-refractivity contribution in [3.63, 3.8) is 0 Å². The molecule has 2 aromatic carbocycles. The third-order valence-corrected chi connectivity index (χ3v) is 7.59. The molecule has 31 heavy (non-hydrogen) atoms. The summed E-state index contributed by atoms with van der Waals surface area (Å²) in [5, 5.41) is 7.53. The van der Waals surface area contributed by atoms with Crippen molar-refractivity contribution in [3.05, 3.63) is 66.4 Å². The minimum absolute atomic E-state index is 0.0476. The fourth-order valence-electron chi connectivity index (χ4n) is 6.46. The number of benzene rings is 2. The molecule has 1 atom stereocenters. The third kappa shape index (κ3) is 2.04. The van der Waals surface area contributed by atoms with Crippen LogP contribution in [0.4, 0.5) is 0 Å². The Morgan fingerprint density at radius 3 is 2.61 bits per heavy atom. The van der Waals surface area contributed by atoms with Crippen LogP contribution in [0.1, 0.15) is 62.0 Å². The van der Waals surface area contributed by atoms with Crippen molar-refractivity contribution < 1.29 is 0 Å². The molecule has 0 saturated carbocycles. The van der Waals surface area contributed by atoms with E-state index in [1.807, 2.05) is 12.2 Å². The Morgan fingerprint density at radius 2 is 1.90 bits per heavy atom. The maximum atomic E-state index is 4.41. The van der Waals surface area contributed by atoms with Crippen LogP contribution in [0.3, 0.4) is 0 Å². The SMILES string of the molecule is C=Cc1c(C=C)n2c3c1c1c(c4c5ccccc5n(c43)[C@@H](CC)CC2(C)C)C(=C)NC1. The predicted molar refractivity (Wildman–Crippen MR) is 134 cm³/mol. The largest absolute Gasteiger partial charge is 0.381 e. The molecule has 2 aliphatic heterocycles. The van der Waals surface area contributed by atoms with Crippen molar-refractivity contribution in [2.75, 3.05) is 0 Å². The molecule has 0 spiro atoms. The van der Waals surface area contributed by atoms with Gasteiger partial charge in [-0.1, -0.05) is 50.9 Å². The lowest BCUT2D eigenvalue weighted by Crippen LogP contribution is -2.29. The van der Waals surface area contributed by atoms with Crippen LogP contribution in [-0.2, 0) is 12.1 Å². The van der Waals surface area contributed by atoms with Gasteiger partial charge in [0.05, 0.1) is 11.0 Å². The first-order valence-electron chi connectivity index (χ1n) is 11.3. The van der Waals surface area contributed by atoms with Crippen LogP contribution in [0.15, 0.2) is 44.0 Å². The van der Waals surface area contributed by atoms with Gasteiger partial charge in [0, 0.05) is 62.3 Å². The normalized spacial score (nSPS) is 19.2. The van der Waals surface area contributed by atoms with Gasteiger partial charge in [-0.15, -0.1) is 0 Å². The summed E-state index contributed by atoms with van der Waals surface area (Å²) in [6.07, 6.45) is 6.20. The lowest BCUT2D eigenvalue weighted by Gasteiger charge is -2.32. The van der Waals surface area contributed by atoms with E-state index in [9.17, 15) is 0 Å². The smallest absolute Gasteiger partial charge is 0.0749 e. The summed E-state index contributed by atoms with van der Waals surface area (Å²) in [7, 11) is 0. The van der Waals surface area contributed by atoms with E-state index in [0.717, 1.165) is 25.1 Å². The van der Waals surface area contributed by atoms with Gasteiger partial charge in [-0.3, -0.25) is 0 Å². The number of nitrogens with zero attached hydrogens (tertiary/aromatic N) is 2. The van der Waals surface area contributed by atoms with Crippen molar-refractivity contribution in [3.8, 4) is 0 Å². The van der Waals surface area contributed by atoms with Gasteiger partial charge in [-0.05, 0) is 44.4 Å². The first kappa shape index (κ1) is 18.6. The molecule has 6 rings (SSSR count). The number of fused-ring (bicyclic) bond motifs is 6. The zero-order valence-electron chi connectivity index (χ0n) is 18.7. The molecule has 3 nitrogen and oxygen atoms in total. The lowest BCUT2D eigenvalue weighted by molar-refractivity contribution is 0.279. The molecule has 0 unspecified atom stereocenters. The minimum atomic E-state index is -0.0476. The Kier molecular flexibility index (Phi) is 3.56. The number of para-hydroxylation sites is 1. The Balaban J connectivity index is 2.05. The molecule has 0 radical (unpaired) electrons. The van der Waals surface area contributed by atoms with E-state index in [4.69, 9.17) is 0 Å². The fourth-order valence-corrected chi connectivity index (χ4v) is 6.46. The molecule has 0 aliphatic carbocycles. The monoisotopic (exact) mass is 407 g/mol. The van der Waals surface area contributed by atoms with Gasteiger partial charge in [0.1, 0.15) is 0 Å². The Labute approximate surface area is 183 Å². The van der Waals surface area contributed by atoms with Crippen molar-refractivity contribution in [1.29, 1.82) is 0 Å². The van der Waals surface area contributed by atoms with Crippen LogP contribution < -0.4 is 5.32 Å². The number of aromatic nitrogens is 2.